The summed E-state index contributed by atoms with van der Waals surface area (Å²) < 4.78 is 6.81. The molecule has 32 heavy (non-hydrogen) atoms. The molecule has 0 bridgehead atoms. The molecule has 1 aliphatic heterocycles. The molecule has 1 aliphatic rings. The first-order valence-corrected chi connectivity index (χ1v) is 10.5. The number of aromatic nitrogens is 2. The quantitative estimate of drug-likeness (QED) is 0.601. The molecule has 0 spiro atoms. The van der Waals surface area contributed by atoms with Crippen LogP contribution in [0, 0.1) is 6.92 Å². The van der Waals surface area contributed by atoms with E-state index in [1.165, 1.54) is 0 Å². The van der Waals surface area contributed by atoms with Crippen LogP contribution in [0.4, 0.5) is 11.5 Å². The van der Waals surface area contributed by atoms with E-state index in [1.807, 2.05) is 29.8 Å². The minimum Gasteiger partial charge on any atom is -0.462 e. The maximum Gasteiger partial charge on any atom is 0.338 e. The Morgan fingerprint density at radius 3 is 2.44 bits per heavy atom. The lowest BCUT2D eigenvalue weighted by Crippen LogP contribution is -2.36. The molecule has 0 aliphatic carbocycles. The summed E-state index contributed by atoms with van der Waals surface area (Å²) in [4.78, 5) is 38.5. The molecular formula is C24H24N4O4. The summed E-state index contributed by atoms with van der Waals surface area (Å²) in [5, 5.41) is 7.24. The van der Waals surface area contributed by atoms with Crippen molar-refractivity contribution in [1.29, 1.82) is 0 Å². The molecule has 2 aromatic carbocycles. The zero-order chi connectivity index (χ0) is 22.7. The topological polar surface area (TPSA) is 93.5 Å². The normalized spacial score (nSPS) is 12.9. The Morgan fingerprint density at radius 2 is 1.75 bits per heavy atom. The first-order valence-electron chi connectivity index (χ1n) is 10.5. The van der Waals surface area contributed by atoms with E-state index < -0.39 is 5.97 Å². The van der Waals surface area contributed by atoms with Crippen molar-refractivity contribution >= 4 is 29.3 Å². The summed E-state index contributed by atoms with van der Waals surface area (Å²) >= 11 is 0. The van der Waals surface area contributed by atoms with Crippen molar-refractivity contribution in [3.8, 4) is 0 Å². The second-order valence-electron chi connectivity index (χ2n) is 7.55. The SMILES string of the molecule is CCOC(=O)c1ccc(NC(=O)c2ccc(CN3C(=O)CCn4nc(C)cc43)cc2)cc1. The molecular weight excluding hydrogens is 408 g/mol. The van der Waals surface area contributed by atoms with E-state index >= 15 is 0 Å². The van der Waals surface area contributed by atoms with Crippen LogP contribution in [0.15, 0.2) is 54.6 Å². The number of fused-ring (bicyclic) bond motifs is 1. The minimum absolute atomic E-state index is 0.0606. The van der Waals surface area contributed by atoms with Crippen molar-refractivity contribution in [1.82, 2.24) is 9.78 Å². The van der Waals surface area contributed by atoms with E-state index in [9.17, 15) is 14.4 Å². The van der Waals surface area contributed by atoms with Gasteiger partial charge >= 0.3 is 5.97 Å². The Bertz CT molecular complexity index is 1150. The fraction of sp³-hybridized carbons (Fsp3) is 0.250. The molecule has 4 rings (SSSR count). The van der Waals surface area contributed by atoms with Gasteiger partial charge in [0.15, 0.2) is 0 Å². The van der Waals surface area contributed by atoms with Gasteiger partial charge in [-0.05, 0) is 55.8 Å². The molecule has 2 amide bonds. The fourth-order valence-electron chi connectivity index (χ4n) is 3.60. The van der Waals surface area contributed by atoms with E-state index in [0.717, 1.165) is 17.1 Å². The highest BCUT2D eigenvalue weighted by molar-refractivity contribution is 6.04. The fourth-order valence-corrected chi connectivity index (χ4v) is 3.60. The molecule has 164 valence electrons. The second kappa shape index (κ2) is 9.05. The van der Waals surface area contributed by atoms with Gasteiger partial charge in [0.25, 0.3) is 5.91 Å². The van der Waals surface area contributed by atoms with Gasteiger partial charge in [-0.2, -0.15) is 5.10 Å². The van der Waals surface area contributed by atoms with Crippen LogP contribution in [0.2, 0.25) is 0 Å². The lowest BCUT2D eigenvalue weighted by atomic mass is 10.1. The summed E-state index contributed by atoms with van der Waals surface area (Å²) in [5.74, 6) is 0.201. The van der Waals surface area contributed by atoms with Crippen molar-refractivity contribution in [3.05, 3.63) is 77.0 Å². The van der Waals surface area contributed by atoms with Crippen LogP contribution in [0.3, 0.4) is 0 Å². The minimum atomic E-state index is -0.397. The number of hydrogen-bond donors (Lipinski definition) is 1. The number of anilines is 2. The molecule has 3 aromatic rings. The molecule has 8 heteroatoms. The summed E-state index contributed by atoms with van der Waals surface area (Å²) in [6.45, 7) is 4.98. The lowest BCUT2D eigenvalue weighted by Gasteiger charge is -2.27. The van der Waals surface area contributed by atoms with Crippen molar-refractivity contribution in [2.45, 2.75) is 33.4 Å². The Kier molecular flexibility index (Phi) is 6.02. The first kappa shape index (κ1) is 21.3. The Hall–Kier alpha value is -3.94. The zero-order valence-corrected chi connectivity index (χ0v) is 18.0. The van der Waals surface area contributed by atoms with Gasteiger partial charge in [0.05, 0.1) is 31.0 Å². The van der Waals surface area contributed by atoms with Crippen molar-refractivity contribution < 1.29 is 19.1 Å². The van der Waals surface area contributed by atoms with Crippen molar-refractivity contribution in [2.24, 2.45) is 0 Å². The van der Waals surface area contributed by atoms with Gasteiger partial charge in [0, 0.05) is 23.7 Å². The van der Waals surface area contributed by atoms with E-state index in [1.54, 1.807) is 48.2 Å². The number of carbonyl (C=O) groups is 3. The third-order valence-corrected chi connectivity index (χ3v) is 5.21. The van der Waals surface area contributed by atoms with Crippen molar-refractivity contribution in [3.63, 3.8) is 0 Å². The molecule has 1 N–H and O–H groups in total. The Labute approximate surface area is 185 Å². The molecule has 0 fully saturated rings. The van der Waals surface area contributed by atoms with Gasteiger partial charge in [-0.25, -0.2) is 9.48 Å². The van der Waals surface area contributed by atoms with Gasteiger partial charge in [-0.1, -0.05) is 12.1 Å². The zero-order valence-electron chi connectivity index (χ0n) is 18.0. The first-order chi connectivity index (χ1) is 15.4. The summed E-state index contributed by atoms with van der Waals surface area (Å²) in [6, 6.07) is 15.6. The standard InChI is InChI=1S/C24H24N4O4/c1-3-32-24(31)19-8-10-20(11-9-19)25-23(30)18-6-4-17(5-7-18)15-27-21-14-16(2)26-28(21)13-12-22(27)29/h4-11,14H,3,12-13,15H2,1-2H3,(H,25,30). The summed E-state index contributed by atoms with van der Waals surface area (Å²) in [7, 11) is 0. The largest absolute Gasteiger partial charge is 0.462 e. The van der Waals surface area contributed by atoms with E-state index in [0.29, 0.717) is 42.9 Å². The predicted octanol–water partition coefficient (Wildman–Crippen LogP) is 3.56. The third kappa shape index (κ3) is 4.54. The van der Waals surface area contributed by atoms with Gasteiger partial charge in [-0.3, -0.25) is 14.5 Å². The molecule has 2 heterocycles. The van der Waals surface area contributed by atoms with E-state index in [2.05, 4.69) is 10.4 Å². The highest BCUT2D eigenvalue weighted by Gasteiger charge is 2.25. The number of ether oxygens (including phenoxy) is 1. The van der Waals surface area contributed by atoms with Crippen molar-refractivity contribution in [2.75, 3.05) is 16.8 Å². The second-order valence-corrected chi connectivity index (χ2v) is 7.55. The number of esters is 1. The molecule has 0 unspecified atom stereocenters. The highest BCUT2D eigenvalue weighted by Crippen LogP contribution is 2.24. The number of benzene rings is 2. The number of amides is 2. The number of nitrogens with zero attached hydrogens (tertiary/aromatic N) is 3. The highest BCUT2D eigenvalue weighted by atomic mass is 16.5. The Balaban J connectivity index is 1.41. The third-order valence-electron chi connectivity index (χ3n) is 5.21. The van der Waals surface area contributed by atoms with Crippen LogP contribution in [0.1, 0.15) is 45.3 Å². The van der Waals surface area contributed by atoms with Gasteiger partial charge < -0.3 is 10.1 Å². The van der Waals surface area contributed by atoms with Gasteiger partial charge in [0.1, 0.15) is 5.82 Å². The maximum absolute atomic E-state index is 12.6. The van der Waals surface area contributed by atoms with Crippen LogP contribution < -0.4 is 10.2 Å². The number of aryl methyl sites for hydroxylation is 2. The predicted molar refractivity (Wildman–Crippen MR) is 120 cm³/mol. The summed E-state index contributed by atoms with van der Waals surface area (Å²) in [5.41, 5.74) is 3.30. The van der Waals surface area contributed by atoms with E-state index in [-0.39, 0.29) is 11.8 Å². The van der Waals surface area contributed by atoms with Crippen LogP contribution in [-0.4, -0.2) is 34.2 Å². The molecule has 0 atom stereocenters. The van der Waals surface area contributed by atoms with Crippen LogP contribution >= 0.6 is 0 Å². The molecule has 0 radical (unpaired) electrons. The average molecular weight is 432 g/mol. The number of carbonyl (C=O) groups excluding carboxylic acids is 3. The smallest absolute Gasteiger partial charge is 0.338 e. The van der Waals surface area contributed by atoms with Gasteiger partial charge in [-0.15, -0.1) is 0 Å². The van der Waals surface area contributed by atoms with E-state index in [4.69, 9.17) is 4.74 Å². The molecule has 1 aromatic heterocycles. The molecule has 0 saturated carbocycles. The van der Waals surface area contributed by atoms with Crippen LogP contribution in [0.5, 0.6) is 0 Å². The number of rotatable bonds is 6. The Morgan fingerprint density at radius 1 is 1.06 bits per heavy atom. The number of nitrogens with one attached hydrogen (secondary N) is 1. The average Bonchev–Trinajstić information content (AvgIpc) is 3.17. The molecule has 0 saturated heterocycles. The monoisotopic (exact) mass is 432 g/mol. The maximum atomic E-state index is 12.6. The van der Waals surface area contributed by atoms with Crippen LogP contribution in [-0.2, 0) is 22.6 Å². The lowest BCUT2D eigenvalue weighted by molar-refractivity contribution is -0.119. The summed E-state index contributed by atoms with van der Waals surface area (Å²) in [6.07, 6.45) is 0.420. The van der Waals surface area contributed by atoms with Gasteiger partial charge in [0.2, 0.25) is 5.91 Å². The van der Waals surface area contributed by atoms with Crippen LogP contribution in [0.25, 0.3) is 0 Å². The number of hydrogen-bond acceptors (Lipinski definition) is 5. The molecule has 8 nitrogen and oxygen atoms in total.